The molecule has 0 aromatic heterocycles. The fourth-order valence-corrected chi connectivity index (χ4v) is 0. The summed E-state index contributed by atoms with van der Waals surface area (Å²) in [6.07, 6.45) is 0. The van der Waals surface area contributed by atoms with Crippen molar-refractivity contribution < 1.29 is 42.9 Å². The quantitative estimate of drug-likeness (QED) is 0.207. The van der Waals surface area contributed by atoms with E-state index in [0.29, 0.717) is 0 Å². The zero-order chi connectivity index (χ0) is 2.71. The number of hydrogen-bond donors (Lipinski definition) is 1. The Morgan fingerprint density at radius 1 is 1.80 bits per heavy atom. The van der Waals surface area contributed by atoms with E-state index >= 15 is 0 Å². The zero-order valence-corrected chi connectivity index (χ0v) is 3.99. The molecule has 0 atom stereocenters. The molecule has 0 amide bonds. The predicted molar refractivity (Wildman–Crippen MR) is 8.69 cm³/mol. The maximum absolute atomic E-state index is 8.11. The second-order valence-corrected chi connectivity index (χ2v) is 0.0816. The van der Waals surface area contributed by atoms with Crippen LogP contribution in [0.2, 0.25) is 0 Å². The van der Waals surface area contributed by atoms with E-state index in [1.165, 1.54) is 5.34 Å². The molecule has 0 saturated heterocycles. The van der Waals surface area contributed by atoms with Gasteiger partial charge in [0.1, 0.15) is 0 Å². The molecule has 0 aromatic rings. The minimum Gasteiger partial charge on any atom is -1.00 e. The summed E-state index contributed by atoms with van der Waals surface area (Å²) in [6, 6.07) is 0. The van der Waals surface area contributed by atoms with Gasteiger partial charge < -0.3 is 6.63 Å². The second-order valence-electron chi connectivity index (χ2n) is 0.0816. The Balaban J connectivity index is -0.00000000667. The van der Waals surface area contributed by atoms with Crippen molar-refractivity contribution in [3.05, 3.63) is 4.91 Å². The molecule has 3 nitrogen and oxygen atoms in total. The molecule has 0 aliphatic heterocycles. The van der Waals surface area contributed by atoms with Crippen LogP contribution in [0.25, 0.3) is 0 Å². The summed E-state index contributed by atoms with van der Waals surface area (Å²) in [5.74, 6) is 0. The van der Waals surface area contributed by atoms with Gasteiger partial charge in [-0.15, -0.1) is 4.91 Å². The Morgan fingerprint density at radius 3 is 1.80 bits per heavy atom. The van der Waals surface area contributed by atoms with Crippen molar-refractivity contribution in [3.8, 4) is 0 Å². The molecule has 0 rings (SSSR count). The van der Waals surface area contributed by atoms with Gasteiger partial charge in [-0.25, -0.2) is 0 Å². The van der Waals surface area contributed by atoms with Crippen LogP contribution in [-0.4, -0.2) is 5.21 Å². The Kier molecular flexibility index (Phi) is 85.5. The van der Waals surface area contributed by atoms with E-state index in [0.717, 1.165) is 0 Å². The Hall–Kier alpha value is 0.530. The third-order valence-electron chi connectivity index (χ3n) is 0. The molecule has 0 fully saturated rings. The molecule has 1 N–H and O–H groups in total. The summed E-state index contributed by atoms with van der Waals surface area (Å²) in [4.78, 5) is 8.11. The third-order valence-corrected chi connectivity index (χ3v) is 0. The second kappa shape index (κ2) is 24.1. The first-order valence-electron chi connectivity index (χ1n) is 0.383. The van der Waals surface area contributed by atoms with Gasteiger partial charge in [0.05, 0.1) is 0 Å². The monoisotopic (exact) mass is 107 g/mol. The smallest absolute Gasteiger partial charge is 1.00 e. The van der Waals surface area contributed by atoms with Gasteiger partial charge in [0.15, 0.2) is 5.34 Å². The number of rotatable bonds is 0. The SMILES string of the molecule is O=NO.[Cr].[H-].[Li+]. The molecular weight excluding hydrogens is 105 g/mol. The zero-order valence-electron chi connectivity index (χ0n) is 3.71. The normalized spacial score (nSPS) is 2.40. The number of hydrogen-bond acceptors (Lipinski definition) is 2. The topological polar surface area (TPSA) is 49.7 Å². The Bertz CT molecular complexity index is 21.0. The Labute approximate surface area is 53.5 Å². The van der Waals surface area contributed by atoms with Crippen LogP contribution in [0.15, 0.2) is 5.34 Å². The van der Waals surface area contributed by atoms with Crippen molar-refractivity contribution in [1.82, 2.24) is 0 Å². The van der Waals surface area contributed by atoms with Crippen LogP contribution in [0, 0.1) is 4.91 Å². The van der Waals surface area contributed by atoms with Gasteiger partial charge in [0.25, 0.3) is 0 Å². The standard InChI is InChI=1S/Cr.Li.HNO2.H/c;;2-1-3;/h;;(H,2,3);/q;+1;;-1. The van der Waals surface area contributed by atoms with Crippen LogP contribution in [0.5, 0.6) is 0 Å². The van der Waals surface area contributed by atoms with Gasteiger partial charge in [-0.1, -0.05) is 0 Å². The van der Waals surface area contributed by atoms with Crippen molar-refractivity contribution in [2.75, 3.05) is 0 Å². The fraction of sp³-hybridized carbons (Fsp3) is 0. The van der Waals surface area contributed by atoms with Crippen LogP contribution in [0.3, 0.4) is 0 Å². The molecule has 0 saturated carbocycles. The van der Waals surface area contributed by atoms with Crippen LogP contribution in [0.4, 0.5) is 0 Å². The molecule has 0 aliphatic carbocycles. The summed E-state index contributed by atoms with van der Waals surface area (Å²) in [7, 11) is 0. The van der Waals surface area contributed by atoms with E-state index in [1.54, 1.807) is 0 Å². The van der Waals surface area contributed by atoms with E-state index in [2.05, 4.69) is 0 Å². The van der Waals surface area contributed by atoms with E-state index in [9.17, 15) is 0 Å². The predicted octanol–water partition coefficient (Wildman–Crippen LogP) is -2.74. The van der Waals surface area contributed by atoms with Gasteiger partial charge in [0, 0.05) is 17.4 Å². The maximum Gasteiger partial charge on any atom is 1.00 e. The van der Waals surface area contributed by atoms with Crippen LogP contribution >= 0.6 is 0 Å². The molecule has 5 heavy (non-hydrogen) atoms. The van der Waals surface area contributed by atoms with Gasteiger partial charge in [0.2, 0.25) is 0 Å². The van der Waals surface area contributed by atoms with E-state index in [-0.39, 0.29) is 37.6 Å². The van der Waals surface area contributed by atoms with E-state index in [4.69, 9.17) is 10.1 Å². The third kappa shape index (κ3) is 103. The summed E-state index contributed by atoms with van der Waals surface area (Å²) < 4.78 is 0. The van der Waals surface area contributed by atoms with Crippen molar-refractivity contribution in [1.29, 1.82) is 0 Å². The number of nitrogens with zero attached hydrogens (tertiary/aromatic N) is 1. The van der Waals surface area contributed by atoms with Crippen molar-refractivity contribution >= 4 is 0 Å². The Morgan fingerprint density at radius 2 is 1.80 bits per heavy atom. The molecule has 0 radical (unpaired) electrons. The summed E-state index contributed by atoms with van der Waals surface area (Å²) in [5, 5.41) is 7.89. The van der Waals surface area contributed by atoms with Gasteiger partial charge in [-0.3, -0.25) is 0 Å². The van der Waals surface area contributed by atoms with E-state index < -0.39 is 0 Å². The maximum atomic E-state index is 8.11. The molecule has 0 heterocycles. The molecule has 5 heteroatoms. The van der Waals surface area contributed by atoms with Gasteiger partial charge >= 0.3 is 18.9 Å². The van der Waals surface area contributed by atoms with Crippen LogP contribution < -0.4 is 18.9 Å². The minimum atomic E-state index is 0. The largest absolute Gasteiger partial charge is 1.00 e. The fourth-order valence-electron chi connectivity index (χ4n) is 0. The summed E-state index contributed by atoms with van der Waals surface area (Å²) >= 11 is 0. The molecule has 0 unspecified atom stereocenters. The van der Waals surface area contributed by atoms with Crippen LogP contribution in [-0.2, 0) is 17.4 Å². The molecule has 0 aliphatic rings. The van der Waals surface area contributed by atoms with Gasteiger partial charge in [-0.05, 0) is 0 Å². The minimum absolute atomic E-state index is 0. The summed E-state index contributed by atoms with van der Waals surface area (Å²) in [5.41, 5.74) is 0. The molecule has 26 valence electrons. The van der Waals surface area contributed by atoms with Crippen molar-refractivity contribution in [3.63, 3.8) is 0 Å². The average Bonchev–Trinajstić information content (AvgIpc) is 0.918. The van der Waals surface area contributed by atoms with E-state index in [1.807, 2.05) is 0 Å². The van der Waals surface area contributed by atoms with Crippen molar-refractivity contribution in [2.24, 2.45) is 5.34 Å². The molecule has 0 aromatic carbocycles. The molecular formula is H2CrLiNO2. The molecule has 0 bridgehead atoms. The first-order valence-corrected chi connectivity index (χ1v) is 0.383. The first-order chi connectivity index (χ1) is 1.41. The average molecular weight is 107 g/mol. The van der Waals surface area contributed by atoms with Crippen molar-refractivity contribution in [2.45, 2.75) is 0 Å². The first kappa shape index (κ1) is 17.7. The molecule has 0 spiro atoms. The summed E-state index contributed by atoms with van der Waals surface area (Å²) in [6.45, 7) is 0. The van der Waals surface area contributed by atoms with Crippen LogP contribution in [0.1, 0.15) is 1.43 Å². The van der Waals surface area contributed by atoms with Gasteiger partial charge in [-0.2, -0.15) is 0 Å².